The summed E-state index contributed by atoms with van der Waals surface area (Å²) in [4.78, 5) is 50.3. The van der Waals surface area contributed by atoms with Crippen molar-refractivity contribution in [3.8, 4) is 28.7 Å². The molecule has 0 aliphatic carbocycles. The zero-order valence-corrected chi connectivity index (χ0v) is 48.7. The number of phenols is 5. The maximum atomic E-state index is 11.7. The van der Waals surface area contributed by atoms with E-state index < -0.39 is 23.1 Å². The van der Waals surface area contributed by atoms with Gasteiger partial charge in [-0.05, 0) is 152 Å². The van der Waals surface area contributed by atoms with Gasteiger partial charge in [0.25, 0.3) is 11.8 Å². The van der Waals surface area contributed by atoms with Crippen LogP contribution in [0.2, 0.25) is 10.0 Å². The van der Waals surface area contributed by atoms with Gasteiger partial charge < -0.3 is 58.3 Å². The van der Waals surface area contributed by atoms with Gasteiger partial charge >= 0.3 is 0 Å². The molecule has 0 radical (unpaired) electrons. The van der Waals surface area contributed by atoms with Crippen molar-refractivity contribution < 1.29 is 44.7 Å². The highest BCUT2D eigenvalue weighted by Gasteiger charge is 2.28. The number of hydrogen-bond donors (Lipinski definition) is 13. The molecule has 0 fully saturated rings. The molecule has 16 N–H and O–H groups in total. The molecule has 22 heteroatoms. The lowest BCUT2D eigenvalue weighted by molar-refractivity contribution is -0.122. The van der Waals surface area contributed by atoms with Gasteiger partial charge in [-0.25, -0.2) is 5.43 Å². The highest BCUT2D eigenvalue weighted by molar-refractivity contribution is 6.44. The minimum atomic E-state index is -0.872. The number of carbonyl (C=O) groups excluding carboxylic acids is 4. The Morgan fingerprint density at radius 1 is 0.790 bits per heavy atom. The van der Waals surface area contributed by atoms with E-state index in [9.17, 15) is 34.5 Å². The Bertz CT molecular complexity index is 2910. The summed E-state index contributed by atoms with van der Waals surface area (Å²) in [5.74, 6) is 3.70. The van der Waals surface area contributed by atoms with Crippen LogP contribution in [-0.2, 0) is 40.2 Å². The van der Waals surface area contributed by atoms with Crippen molar-refractivity contribution in [1.29, 1.82) is 0 Å². The molecule has 6 rings (SSSR count). The fraction of sp³-hybridized carbons (Fsp3) is 0.339. The molecule has 1 unspecified atom stereocenters. The molecule has 1 aliphatic rings. The zero-order valence-electron chi connectivity index (χ0n) is 47.2. The number of Topliss-reactive ketones (excluding diaryl/α,β-unsaturated/α-hetero) is 2. The first-order valence-electron chi connectivity index (χ1n) is 25.9. The van der Waals surface area contributed by atoms with Crippen LogP contribution in [0.3, 0.4) is 0 Å². The van der Waals surface area contributed by atoms with Gasteiger partial charge in [-0.3, -0.25) is 30.0 Å². The third-order valence-corrected chi connectivity index (χ3v) is 12.4. The van der Waals surface area contributed by atoms with Crippen LogP contribution in [0.4, 0.5) is 0 Å². The van der Waals surface area contributed by atoms with E-state index in [0.717, 1.165) is 30.5 Å². The molecule has 0 spiro atoms. The van der Waals surface area contributed by atoms with E-state index in [4.69, 9.17) is 50.7 Å². The molecular formula is C59H79Cl2N11O9. The SMILES string of the molecule is C/C(N)=N/N=C/c1c(Cl)cccc1Cl.CC(=O)[C@](C)(Cc1ccc(O)c(O)c1)NN.CC1=CC(C(=O)NCCc2ccccc2)=NC1.CCC(N)C(=O)CNCc1ccc(O)c(O)c1O.CNCCc1ccc(C(=O)NC(C)C)cc1. The number of amidine groups is 1. The van der Waals surface area contributed by atoms with Gasteiger partial charge in [0.2, 0.25) is 5.75 Å². The van der Waals surface area contributed by atoms with E-state index >= 15 is 0 Å². The number of benzene rings is 5. The molecule has 1 heterocycles. The van der Waals surface area contributed by atoms with E-state index in [0.29, 0.717) is 64.2 Å². The molecule has 438 valence electrons. The molecule has 5 aromatic carbocycles. The number of carbonyl (C=O) groups is 4. The fourth-order valence-corrected chi connectivity index (χ4v) is 7.27. The predicted octanol–water partition coefficient (Wildman–Crippen LogP) is 6.69. The van der Waals surface area contributed by atoms with Crippen LogP contribution in [0.25, 0.3) is 0 Å². The van der Waals surface area contributed by atoms with Crippen molar-refractivity contribution in [2.24, 2.45) is 32.5 Å². The third-order valence-electron chi connectivity index (χ3n) is 11.7. The quantitative estimate of drug-likeness (QED) is 0.0120. The number of nitrogens with one attached hydrogen (secondary N) is 5. The number of aliphatic imine (C=N–C) groups is 1. The Kier molecular flexibility index (Phi) is 31.3. The molecule has 5 aromatic rings. The standard InChI is InChI=1S/C14H16N2O.C13H20N2O.C12H18N2O4.C11H16N2O3.C9H9Cl2N3/c1-11-9-13(16-10-11)14(17)15-8-7-12-5-3-2-4-6-12;1-10(2)15-13(16)12-6-4-11(5-7-12)8-9-14-3;1-2-8(13)10(16)6-14-5-7-3-4-9(15)12(18)11(7)17;1-7(14)11(2,13-12)6-8-3-4-9(15)10(16)5-8;1-6(12)14-13-5-7-8(10)3-2-4-9(7)11/h2-6,9H,7-8,10H2,1H3,(H,15,17);4-7,10,14H,8-9H2,1-3H3,(H,15,16);3-4,8,14-15,17-18H,2,5-6,13H2,1H3;3-5,13,15-16H,6,12H2,1-2H3;2-5H,1H3,(H2,12,14)/b;;;;13-5+/t;;;11-;/m...0./s1. The number of amides is 2. The first-order valence-corrected chi connectivity index (χ1v) is 26.7. The Hall–Kier alpha value is -7.69. The van der Waals surface area contributed by atoms with Gasteiger partial charge in [0.15, 0.2) is 34.6 Å². The smallest absolute Gasteiger partial charge is 0.269 e. The molecular weight excluding hydrogens is 1080 g/mol. The first kappa shape index (κ1) is 69.4. The highest BCUT2D eigenvalue weighted by atomic mass is 35.5. The largest absolute Gasteiger partial charge is 0.504 e. The van der Waals surface area contributed by atoms with Gasteiger partial charge in [-0.15, -0.1) is 5.10 Å². The minimum absolute atomic E-state index is 0.00448. The number of nitrogens with zero attached hydrogens (tertiary/aromatic N) is 3. The average molecular weight is 1160 g/mol. The summed E-state index contributed by atoms with van der Waals surface area (Å²) in [6.45, 7) is 15.0. The Morgan fingerprint density at radius 2 is 1.40 bits per heavy atom. The molecule has 1 aliphatic heterocycles. The number of hydrogen-bond acceptors (Lipinski definition) is 17. The fourth-order valence-electron chi connectivity index (χ4n) is 6.77. The van der Waals surface area contributed by atoms with E-state index in [-0.39, 0.29) is 59.8 Å². The van der Waals surface area contributed by atoms with Crippen LogP contribution in [0.1, 0.15) is 93.1 Å². The van der Waals surface area contributed by atoms with Crippen molar-refractivity contribution in [2.45, 2.75) is 98.3 Å². The summed E-state index contributed by atoms with van der Waals surface area (Å²) in [6.07, 6.45) is 6.07. The first-order chi connectivity index (χ1) is 38.3. The van der Waals surface area contributed by atoms with Crippen LogP contribution in [-0.4, -0.2) is 118 Å². The Labute approximate surface area is 484 Å². The maximum absolute atomic E-state index is 11.7. The number of ketones is 2. The van der Waals surface area contributed by atoms with Crippen LogP contribution >= 0.6 is 23.2 Å². The Morgan fingerprint density at radius 3 is 1.94 bits per heavy atom. The number of hydrazine groups is 1. The Balaban J connectivity index is 0.000000347. The zero-order chi connectivity index (χ0) is 60.7. The van der Waals surface area contributed by atoms with Crippen LogP contribution in [0, 0.1) is 0 Å². The normalized spacial score (nSPS) is 12.8. The second-order valence-corrected chi connectivity index (χ2v) is 19.9. The van der Waals surface area contributed by atoms with Gasteiger partial charge in [-0.2, -0.15) is 5.10 Å². The molecule has 81 heavy (non-hydrogen) atoms. The maximum Gasteiger partial charge on any atom is 0.269 e. The van der Waals surface area contributed by atoms with E-state index in [2.05, 4.69) is 54.0 Å². The summed E-state index contributed by atoms with van der Waals surface area (Å²) >= 11 is 11.8. The number of phenolic OH excluding ortho intramolecular Hbond substituents is 5. The molecule has 0 bridgehead atoms. The van der Waals surface area contributed by atoms with E-state index in [1.165, 1.54) is 48.5 Å². The molecule has 0 saturated carbocycles. The number of halogens is 2. The second-order valence-electron chi connectivity index (χ2n) is 19.0. The van der Waals surface area contributed by atoms with Crippen molar-refractivity contribution in [3.05, 3.63) is 158 Å². The van der Waals surface area contributed by atoms with Gasteiger partial charge in [0.1, 0.15) is 11.5 Å². The summed E-state index contributed by atoms with van der Waals surface area (Å²) in [5, 5.41) is 66.6. The van der Waals surface area contributed by atoms with E-state index in [1.54, 1.807) is 38.1 Å². The van der Waals surface area contributed by atoms with Crippen LogP contribution in [0.15, 0.2) is 130 Å². The number of rotatable bonds is 21. The molecule has 0 aromatic heterocycles. The van der Waals surface area contributed by atoms with Gasteiger partial charge in [0, 0.05) is 35.8 Å². The van der Waals surface area contributed by atoms with Crippen LogP contribution < -0.4 is 44.0 Å². The molecule has 0 saturated heterocycles. The predicted molar refractivity (Wildman–Crippen MR) is 324 cm³/mol. The van der Waals surface area contributed by atoms with E-state index in [1.807, 2.05) is 83.3 Å². The monoisotopic (exact) mass is 1160 g/mol. The van der Waals surface area contributed by atoms with Gasteiger partial charge in [0.05, 0.1) is 40.9 Å². The average Bonchev–Trinajstić information content (AvgIpc) is 3.88. The number of likely N-dealkylation sites (N-methyl/N-ethyl adjacent to an activating group) is 1. The van der Waals surface area contributed by atoms with Crippen LogP contribution in [0.5, 0.6) is 28.7 Å². The third kappa shape index (κ3) is 26.0. The summed E-state index contributed by atoms with van der Waals surface area (Å²) in [6, 6.07) is 29.9. The van der Waals surface area contributed by atoms with Crippen molar-refractivity contribution in [1.82, 2.24) is 26.7 Å². The lowest BCUT2D eigenvalue weighted by atomic mass is 9.90. The minimum Gasteiger partial charge on any atom is -0.504 e. The topological polar surface area (TPSA) is 345 Å². The number of aromatic hydroxyl groups is 5. The lowest BCUT2D eigenvalue weighted by Crippen LogP contribution is -2.53. The van der Waals surface area contributed by atoms with Gasteiger partial charge in [-0.1, -0.05) is 90.8 Å². The summed E-state index contributed by atoms with van der Waals surface area (Å²) in [7, 11) is 1.93. The molecule has 2 atom stereocenters. The highest BCUT2D eigenvalue weighted by Crippen LogP contribution is 2.37. The van der Waals surface area contributed by atoms with Crippen molar-refractivity contribution in [2.75, 3.05) is 33.2 Å². The number of nitrogens with two attached hydrogens (primary N) is 3. The summed E-state index contributed by atoms with van der Waals surface area (Å²) in [5.41, 5.74) is 19.1. The van der Waals surface area contributed by atoms with Crippen molar-refractivity contribution in [3.63, 3.8) is 0 Å². The second kappa shape index (κ2) is 36.5. The van der Waals surface area contributed by atoms with Crippen molar-refractivity contribution >= 4 is 64.3 Å². The summed E-state index contributed by atoms with van der Waals surface area (Å²) < 4.78 is 0. The molecule has 20 nitrogen and oxygen atoms in total. The lowest BCUT2D eigenvalue weighted by Gasteiger charge is -2.25. The molecule has 2 amide bonds.